The number of nitrogens with zero attached hydrogens (tertiary/aromatic N) is 5. The molecule has 0 radical (unpaired) electrons. The van der Waals surface area contributed by atoms with Gasteiger partial charge in [-0.15, -0.1) is 5.10 Å². The number of hydrogen-bond acceptors (Lipinski definition) is 4. The summed E-state index contributed by atoms with van der Waals surface area (Å²) < 4.78 is 2.10. The SMILES string of the molecule is C1CCC(n2nnnc2CN2CCCCC2)CC1. The van der Waals surface area contributed by atoms with Crippen LogP contribution < -0.4 is 0 Å². The molecule has 5 nitrogen and oxygen atoms in total. The number of tetrazole rings is 1. The Morgan fingerprint density at radius 2 is 1.67 bits per heavy atom. The maximum Gasteiger partial charge on any atom is 0.165 e. The molecule has 1 aliphatic heterocycles. The Kier molecular flexibility index (Phi) is 3.88. The molecule has 0 atom stereocenters. The molecule has 0 N–H and O–H groups in total. The third kappa shape index (κ3) is 2.71. The zero-order chi connectivity index (χ0) is 12.2. The van der Waals surface area contributed by atoms with Crippen molar-refractivity contribution in [2.75, 3.05) is 13.1 Å². The van der Waals surface area contributed by atoms with Crippen molar-refractivity contribution in [1.29, 1.82) is 0 Å². The van der Waals surface area contributed by atoms with E-state index in [4.69, 9.17) is 0 Å². The first-order valence-electron chi connectivity index (χ1n) is 7.42. The normalized spacial score (nSPS) is 23.3. The lowest BCUT2D eigenvalue weighted by molar-refractivity contribution is 0.206. The van der Waals surface area contributed by atoms with E-state index in [1.165, 1.54) is 64.5 Å². The van der Waals surface area contributed by atoms with Crippen molar-refractivity contribution >= 4 is 0 Å². The van der Waals surface area contributed by atoms with Gasteiger partial charge in [0.25, 0.3) is 0 Å². The fourth-order valence-electron chi connectivity index (χ4n) is 3.24. The molecule has 1 aromatic heterocycles. The summed E-state index contributed by atoms with van der Waals surface area (Å²) in [5, 5.41) is 12.4. The maximum absolute atomic E-state index is 4.25. The van der Waals surface area contributed by atoms with Gasteiger partial charge in [0.1, 0.15) is 0 Å². The molecule has 1 saturated heterocycles. The first kappa shape index (κ1) is 12.1. The van der Waals surface area contributed by atoms with Gasteiger partial charge in [0, 0.05) is 0 Å². The Morgan fingerprint density at radius 1 is 0.944 bits per heavy atom. The van der Waals surface area contributed by atoms with E-state index in [0.717, 1.165) is 12.4 Å². The molecule has 0 spiro atoms. The number of likely N-dealkylation sites (tertiary alicyclic amines) is 1. The largest absolute Gasteiger partial charge is 0.296 e. The average molecular weight is 249 g/mol. The highest BCUT2D eigenvalue weighted by atomic mass is 15.6. The lowest BCUT2D eigenvalue weighted by Crippen LogP contribution is -2.31. The fraction of sp³-hybridized carbons (Fsp3) is 0.923. The number of rotatable bonds is 3. The van der Waals surface area contributed by atoms with Gasteiger partial charge in [-0.1, -0.05) is 25.7 Å². The number of piperidine rings is 1. The van der Waals surface area contributed by atoms with Crippen LogP contribution in [0.15, 0.2) is 0 Å². The molecule has 2 fully saturated rings. The van der Waals surface area contributed by atoms with Gasteiger partial charge in [-0.2, -0.15) is 0 Å². The van der Waals surface area contributed by atoms with Crippen LogP contribution in [0.4, 0.5) is 0 Å². The zero-order valence-corrected chi connectivity index (χ0v) is 11.1. The van der Waals surface area contributed by atoms with Crippen LogP contribution in [-0.4, -0.2) is 38.2 Å². The first-order valence-corrected chi connectivity index (χ1v) is 7.42. The first-order chi connectivity index (χ1) is 8.93. The highest BCUT2D eigenvalue weighted by molar-refractivity contribution is 4.86. The summed E-state index contributed by atoms with van der Waals surface area (Å²) in [6.45, 7) is 3.35. The van der Waals surface area contributed by atoms with Crippen LogP contribution in [0, 0.1) is 0 Å². The minimum absolute atomic E-state index is 0.550. The molecule has 100 valence electrons. The molecule has 5 heteroatoms. The van der Waals surface area contributed by atoms with Gasteiger partial charge >= 0.3 is 0 Å². The Balaban J connectivity index is 1.66. The minimum Gasteiger partial charge on any atom is -0.296 e. The molecule has 3 rings (SSSR count). The highest BCUT2D eigenvalue weighted by Gasteiger charge is 2.21. The molecule has 0 bridgehead atoms. The quantitative estimate of drug-likeness (QED) is 0.823. The van der Waals surface area contributed by atoms with Crippen molar-refractivity contribution in [3.05, 3.63) is 5.82 Å². The van der Waals surface area contributed by atoms with Crippen molar-refractivity contribution < 1.29 is 0 Å². The van der Waals surface area contributed by atoms with Gasteiger partial charge in [0.2, 0.25) is 0 Å². The topological polar surface area (TPSA) is 46.8 Å². The van der Waals surface area contributed by atoms with Crippen LogP contribution >= 0.6 is 0 Å². The lowest BCUT2D eigenvalue weighted by Gasteiger charge is -2.27. The van der Waals surface area contributed by atoms with E-state index in [9.17, 15) is 0 Å². The number of hydrogen-bond donors (Lipinski definition) is 0. The minimum atomic E-state index is 0.550. The summed E-state index contributed by atoms with van der Waals surface area (Å²) in [4.78, 5) is 2.49. The Morgan fingerprint density at radius 3 is 2.44 bits per heavy atom. The van der Waals surface area contributed by atoms with Gasteiger partial charge in [-0.05, 0) is 49.2 Å². The van der Waals surface area contributed by atoms with Crippen molar-refractivity contribution in [3.63, 3.8) is 0 Å². The average Bonchev–Trinajstić information content (AvgIpc) is 2.89. The Hall–Kier alpha value is -0.970. The Labute approximate surface area is 109 Å². The van der Waals surface area contributed by atoms with E-state index < -0.39 is 0 Å². The van der Waals surface area contributed by atoms with Crippen LogP contribution in [0.5, 0.6) is 0 Å². The third-order valence-corrected chi connectivity index (χ3v) is 4.30. The summed E-state index contributed by atoms with van der Waals surface area (Å²) in [5.41, 5.74) is 0. The molecule has 0 unspecified atom stereocenters. The van der Waals surface area contributed by atoms with Crippen molar-refractivity contribution in [2.24, 2.45) is 0 Å². The molecule has 18 heavy (non-hydrogen) atoms. The molecule has 2 aliphatic rings. The summed E-state index contributed by atoms with van der Waals surface area (Å²) in [6.07, 6.45) is 10.6. The number of aromatic nitrogens is 4. The predicted molar refractivity (Wildman–Crippen MR) is 69.1 cm³/mol. The van der Waals surface area contributed by atoms with E-state index in [0.29, 0.717) is 6.04 Å². The second-order valence-electron chi connectivity index (χ2n) is 5.67. The van der Waals surface area contributed by atoms with Crippen LogP contribution in [-0.2, 0) is 6.54 Å². The summed E-state index contributed by atoms with van der Waals surface area (Å²) >= 11 is 0. The van der Waals surface area contributed by atoms with Gasteiger partial charge in [-0.25, -0.2) is 4.68 Å². The molecule has 0 aromatic carbocycles. The van der Waals surface area contributed by atoms with Gasteiger partial charge in [0.05, 0.1) is 12.6 Å². The maximum atomic E-state index is 4.25. The van der Waals surface area contributed by atoms with E-state index in [1.54, 1.807) is 0 Å². The third-order valence-electron chi connectivity index (χ3n) is 4.30. The van der Waals surface area contributed by atoms with Crippen molar-refractivity contribution in [3.8, 4) is 0 Å². The highest BCUT2D eigenvalue weighted by Crippen LogP contribution is 2.28. The molecular formula is C13H23N5. The summed E-state index contributed by atoms with van der Waals surface area (Å²) in [7, 11) is 0. The van der Waals surface area contributed by atoms with Crippen molar-refractivity contribution in [2.45, 2.75) is 64.0 Å². The fourth-order valence-corrected chi connectivity index (χ4v) is 3.24. The predicted octanol–water partition coefficient (Wildman–Crippen LogP) is 2.16. The van der Waals surface area contributed by atoms with E-state index >= 15 is 0 Å². The lowest BCUT2D eigenvalue weighted by atomic mass is 9.95. The van der Waals surface area contributed by atoms with Crippen molar-refractivity contribution in [1.82, 2.24) is 25.1 Å². The second kappa shape index (κ2) is 5.78. The van der Waals surface area contributed by atoms with Gasteiger partial charge in [0.15, 0.2) is 5.82 Å². The molecule has 0 amide bonds. The van der Waals surface area contributed by atoms with Crippen LogP contribution in [0.2, 0.25) is 0 Å². The van der Waals surface area contributed by atoms with Crippen LogP contribution in [0.3, 0.4) is 0 Å². The monoisotopic (exact) mass is 249 g/mol. The molecule has 1 aromatic rings. The molecule has 1 saturated carbocycles. The second-order valence-corrected chi connectivity index (χ2v) is 5.67. The van der Waals surface area contributed by atoms with Gasteiger partial charge in [-0.3, -0.25) is 4.90 Å². The summed E-state index contributed by atoms with van der Waals surface area (Å²) in [5.74, 6) is 1.07. The molecule has 2 heterocycles. The van der Waals surface area contributed by atoms with E-state index in [1.807, 2.05) is 0 Å². The standard InChI is InChI=1S/C13H23N5/c1-3-7-12(8-4-1)18-13(14-15-16-18)11-17-9-5-2-6-10-17/h12H,1-11H2. The van der Waals surface area contributed by atoms with Crippen LogP contribution in [0.1, 0.15) is 63.2 Å². The molecular weight excluding hydrogens is 226 g/mol. The van der Waals surface area contributed by atoms with Gasteiger partial charge < -0.3 is 0 Å². The molecule has 1 aliphatic carbocycles. The summed E-state index contributed by atoms with van der Waals surface area (Å²) in [6, 6.07) is 0.550. The van der Waals surface area contributed by atoms with E-state index in [2.05, 4.69) is 25.1 Å². The van der Waals surface area contributed by atoms with Crippen LogP contribution in [0.25, 0.3) is 0 Å². The Bertz CT molecular complexity index is 363. The van der Waals surface area contributed by atoms with E-state index in [-0.39, 0.29) is 0 Å². The smallest absolute Gasteiger partial charge is 0.165 e. The zero-order valence-electron chi connectivity index (χ0n) is 11.1.